The molecule has 0 aliphatic heterocycles. The predicted molar refractivity (Wildman–Crippen MR) is 153 cm³/mol. The highest BCUT2D eigenvalue weighted by atomic mass is 16.2. The fourth-order valence-corrected chi connectivity index (χ4v) is 3.01. The number of hydrogen-bond donors (Lipinski definition) is 6. The Bertz CT molecular complexity index is 964. The highest BCUT2D eigenvalue weighted by Crippen LogP contribution is 2.01. The van der Waals surface area contributed by atoms with Crippen molar-refractivity contribution in [2.75, 3.05) is 32.7 Å². The molecule has 1 unspecified atom stereocenters. The standard InChI is InChI=1S/C28H40N6O6/c1-5-23(35)30-17-21(18-31-24(36)6-2)19-32-28(40)15-10-9-14-27(39)29-16-12-11-13-22(34-26(38)8-4)20-33-25(37)7-3/h5-10,14-15,21-22H,1-4,11-13,16-20H2,(H,29,39)(H,30,35)(H,31,36)(H,32,40)(H,33,37)(H,34,38). The summed E-state index contributed by atoms with van der Waals surface area (Å²) < 4.78 is 0. The molecule has 218 valence electrons. The smallest absolute Gasteiger partial charge is 0.243 e. The van der Waals surface area contributed by atoms with Gasteiger partial charge in [0.2, 0.25) is 35.4 Å². The van der Waals surface area contributed by atoms with Gasteiger partial charge in [-0.3, -0.25) is 28.8 Å². The summed E-state index contributed by atoms with van der Waals surface area (Å²) in [5.41, 5.74) is 0. The van der Waals surface area contributed by atoms with Crippen molar-refractivity contribution in [3.63, 3.8) is 0 Å². The molecule has 0 aliphatic rings. The SMILES string of the molecule is C=CC(=O)NCC(CNC(=O)C=C)CNC(=O)C=CC=CC(=O)NCCCCC(CNC(=O)C=C)NC(=O)C=C. The number of carbonyl (C=O) groups is 6. The van der Waals surface area contributed by atoms with Crippen LogP contribution in [0.25, 0.3) is 0 Å². The molecule has 0 rings (SSSR count). The minimum atomic E-state index is -0.414. The quantitative estimate of drug-likeness (QED) is 0.0643. The summed E-state index contributed by atoms with van der Waals surface area (Å²) in [4.78, 5) is 69.8. The molecule has 12 heteroatoms. The second-order valence-corrected chi connectivity index (χ2v) is 8.37. The van der Waals surface area contributed by atoms with Crippen LogP contribution >= 0.6 is 0 Å². The first-order valence-corrected chi connectivity index (χ1v) is 12.7. The van der Waals surface area contributed by atoms with E-state index in [1.807, 2.05) is 0 Å². The van der Waals surface area contributed by atoms with Gasteiger partial charge in [-0.25, -0.2) is 0 Å². The molecule has 0 aromatic rings. The third-order valence-corrected chi connectivity index (χ3v) is 5.19. The maximum absolute atomic E-state index is 12.1. The van der Waals surface area contributed by atoms with Gasteiger partial charge in [0.25, 0.3) is 0 Å². The number of nitrogens with one attached hydrogen (secondary N) is 6. The van der Waals surface area contributed by atoms with Gasteiger partial charge in [0, 0.05) is 56.8 Å². The van der Waals surface area contributed by atoms with Gasteiger partial charge in [-0.05, 0) is 43.6 Å². The fourth-order valence-electron chi connectivity index (χ4n) is 3.01. The van der Waals surface area contributed by atoms with Crippen molar-refractivity contribution in [2.45, 2.75) is 25.3 Å². The topological polar surface area (TPSA) is 175 Å². The average Bonchev–Trinajstić information content (AvgIpc) is 2.96. The maximum Gasteiger partial charge on any atom is 0.243 e. The van der Waals surface area contributed by atoms with E-state index in [1.54, 1.807) is 0 Å². The summed E-state index contributed by atoms with van der Waals surface area (Å²) in [7, 11) is 0. The average molecular weight is 557 g/mol. The Hall–Kier alpha value is -4.74. The lowest BCUT2D eigenvalue weighted by Gasteiger charge is -2.18. The van der Waals surface area contributed by atoms with Crippen molar-refractivity contribution in [3.8, 4) is 0 Å². The summed E-state index contributed by atoms with van der Waals surface area (Å²) >= 11 is 0. The number of hydrogen-bond acceptors (Lipinski definition) is 6. The summed E-state index contributed by atoms with van der Waals surface area (Å²) in [6.45, 7) is 14.8. The van der Waals surface area contributed by atoms with Gasteiger partial charge >= 0.3 is 0 Å². The van der Waals surface area contributed by atoms with E-state index in [0.717, 1.165) is 24.3 Å². The van der Waals surface area contributed by atoms with Crippen LogP contribution in [0.5, 0.6) is 0 Å². The third-order valence-electron chi connectivity index (χ3n) is 5.19. The first kappa shape index (κ1) is 35.3. The van der Waals surface area contributed by atoms with Crippen LogP contribution in [0.15, 0.2) is 74.9 Å². The van der Waals surface area contributed by atoms with E-state index in [2.05, 4.69) is 58.2 Å². The van der Waals surface area contributed by atoms with E-state index >= 15 is 0 Å². The zero-order valence-corrected chi connectivity index (χ0v) is 22.7. The molecule has 12 nitrogen and oxygen atoms in total. The molecular formula is C28H40N6O6. The molecule has 0 aliphatic carbocycles. The number of amides is 6. The third kappa shape index (κ3) is 19.4. The molecule has 6 amide bonds. The highest BCUT2D eigenvalue weighted by molar-refractivity contribution is 5.90. The van der Waals surface area contributed by atoms with Gasteiger partial charge < -0.3 is 31.9 Å². The molecule has 0 saturated heterocycles. The van der Waals surface area contributed by atoms with Crippen LogP contribution in [0.1, 0.15) is 19.3 Å². The Balaban J connectivity index is 4.42. The zero-order valence-electron chi connectivity index (χ0n) is 22.7. The largest absolute Gasteiger partial charge is 0.353 e. The second-order valence-electron chi connectivity index (χ2n) is 8.37. The van der Waals surface area contributed by atoms with Crippen LogP contribution in [-0.4, -0.2) is 74.2 Å². The molecule has 0 heterocycles. The molecule has 0 saturated carbocycles. The summed E-state index contributed by atoms with van der Waals surface area (Å²) in [5.74, 6) is -2.44. The molecule has 1 atom stereocenters. The van der Waals surface area contributed by atoms with E-state index < -0.39 is 5.91 Å². The van der Waals surface area contributed by atoms with Crippen LogP contribution in [0, 0.1) is 5.92 Å². The molecule has 6 N–H and O–H groups in total. The maximum atomic E-state index is 12.1. The molecule has 40 heavy (non-hydrogen) atoms. The van der Waals surface area contributed by atoms with Gasteiger partial charge in [0.1, 0.15) is 0 Å². The van der Waals surface area contributed by atoms with Gasteiger partial charge in [-0.15, -0.1) is 0 Å². The van der Waals surface area contributed by atoms with Crippen molar-refractivity contribution < 1.29 is 28.8 Å². The summed E-state index contributed by atoms with van der Waals surface area (Å²) in [6.07, 6.45) is 11.8. The second kappa shape index (κ2) is 22.3. The van der Waals surface area contributed by atoms with E-state index in [0.29, 0.717) is 25.8 Å². The first-order chi connectivity index (χ1) is 19.1. The van der Waals surface area contributed by atoms with Crippen molar-refractivity contribution >= 4 is 35.4 Å². The Morgan fingerprint density at radius 2 is 0.950 bits per heavy atom. The van der Waals surface area contributed by atoms with Crippen LogP contribution < -0.4 is 31.9 Å². The van der Waals surface area contributed by atoms with Crippen LogP contribution in [0.4, 0.5) is 0 Å². The predicted octanol–water partition coefficient (Wildman–Crippen LogP) is -0.305. The van der Waals surface area contributed by atoms with Gasteiger partial charge in [-0.1, -0.05) is 38.5 Å². The van der Waals surface area contributed by atoms with Crippen molar-refractivity contribution in [1.29, 1.82) is 0 Å². The van der Waals surface area contributed by atoms with Gasteiger partial charge in [-0.2, -0.15) is 0 Å². The molecule has 0 fully saturated rings. The van der Waals surface area contributed by atoms with Gasteiger partial charge in [0.15, 0.2) is 0 Å². The van der Waals surface area contributed by atoms with Crippen LogP contribution in [0.2, 0.25) is 0 Å². The number of unbranched alkanes of at least 4 members (excludes halogenated alkanes) is 1. The Morgan fingerprint density at radius 1 is 0.525 bits per heavy atom. The minimum Gasteiger partial charge on any atom is -0.353 e. The molecule has 0 aromatic heterocycles. The zero-order chi connectivity index (χ0) is 30.2. The Labute approximate surface area is 235 Å². The molecule has 0 bridgehead atoms. The molecular weight excluding hydrogens is 516 g/mol. The monoisotopic (exact) mass is 556 g/mol. The Kier molecular flexibility index (Phi) is 19.6. The molecule has 0 aromatic carbocycles. The number of carbonyl (C=O) groups excluding carboxylic acids is 6. The first-order valence-electron chi connectivity index (χ1n) is 12.7. The Morgan fingerprint density at radius 3 is 1.43 bits per heavy atom. The molecule has 0 radical (unpaired) electrons. The van der Waals surface area contributed by atoms with E-state index in [4.69, 9.17) is 0 Å². The van der Waals surface area contributed by atoms with E-state index in [9.17, 15) is 28.8 Å². The van der Waals surface area contributed by atoms with Crippen LogP contribution in [-0.2, 0) is 28.8 Å². The molecule has 0 spiro atoms. The minimum absolute atomic E-state index is 0.182. The van der Waals surface area contributed by atoms with Gasteiger partial charge in [0.05, 0.1) is 0 Å². The number of rotatable bonds is 21. The highest BCUT2D eigenvalue weighted by Gasteiger charge is 2.12. The van der Waals surface area contributed by atoms with Crippen molar-refractivity contribution in [2.24, 2.45) is 5.92 Å². The fraction of sp³-hybridized carbons (Fsp3) is 0.357. The van der Waals surface area contributed by atoms with Crippen LogP contribution in [0.3, 0.4) is 0 Å². The van der Waals surface area contributed by atoms with Crippen molar-refractivity contribution in [3.05, 3.63) is 74.9 Å². The number of allylic oxidation sites excluding steroid dienone is 2. The summed E-state index contributed by atoms with van der Waals surface area (Å²) in [6, 6.07) is -0.284. The summed E-state index contributed by atoms with van der Waals surface area (Å²) in [5, 5.41) is 16.0. The lowest BCUT2D eigenvalue weighted by molar-refractivity contribution is -0.119. The van der Waals surface area contributed by atoms with Crippen molar-refractivity contribution in [1.82, 2.24) is 31.9 Å². The van der Waals surface area contributed by atoms with E-state index in [1.165, 1.54) is 24.3 Å². The lowest BCUT2D eigenvalue weighted by Crippen LogP contribution is -2.42. The van der Waals surface area contributed by atoms with E-state index in [-0.39, 0.29) is 67.7 Å². The normalized spacial score (nSPS) is 11.2. The lowest BCUT2D eigenvalue weighted by atomic mass is 10.1.